The first kappa shape index (κ1) is 16.5. The summed E-state index contributed by atoms with van der Waals surface area (Å²) >= 11 is 0. The number of hydrogen-bond donors (Lipinski definition) is 3. The van der Waals surface area contributed by atoms with Crippen molar-refractivity contribution in [2.75, 3.05) is 20.1 Å². The molecule has 0 aliphatic carbocycles. The maximum Gasteiger partial charge on any atom is 0.330 e. The number of aliphatic carboxylic acids is 1. The van der Waals surface area contributed by atoms with Crippen LogP contribution in [0.5, 0.6) is 0 Å². The molecule has 0 saturated carbocycles. The molecule has 0 heterocycles. The van der Waals surface area contributed by atoms with E-state index < -0.39 is 18.0 Å². The summed E-state index contributed by atoms with van der Waals surface area (Å²) in [4.78, 5) is 35.7. The van der Waals surface area contributed by atoms with E-state index in [1.807, 2.05) is 0 Å². The molecule has 114 valence electrons. The SMILES string of the molecule is CCNC(=O)CN(C)C(=O)N[C@@H](C(=O)O)c1ccccc1. The van der Waals surface area contributed by atoms with Gasteiger partial charge in [-0.1, -0.05) is 30.3 Å². The topological polar surface area (TPSA) is 98.7 Å². The molecule has 0 unspecified atom stereocenters. The number of nitrogens with zero attached hydrogens (tertiary/aromatic N) is 1. The molecule has 0 radical (unpaired) electrons. The first-order valence-corrected chi connectivity index (χ1v) is 6.51. The lowest BCUT2D eigenvalue weighted by Gasteiger charge is -2.21. The molecular formula is C14H19N3O4. The van der Waals surface area contributed by atoms with Crippen molar-refractivity contribution in [1.29, 1.82) is 0 Å². The van der Waals surface area contributed by atoms with Crippen LogP contribution < -0.4 is 10.6 Å². The number of carboxylic acid groups (broad SMARTS) is 1. The zero-order valence-corrected chi connectivity index (χ0v) is 12.0. The summed E-state index contributed by atoms with van der Waals surface area (Å²) < 4.78 is 0. The molecule has 3 N–H and O–H groups in total. The van der Waals surface area contributed by atoms with Crippen LogP contribution in [0.1, 0.15) is 18.5 Å². The van der Waals surface area contributed by atoms with Gasteiger partial charge in [-0.2, -0.15) is 0 Å². The van der Waals surface area contributed by atoms with Gasteiger partial charge in [0.2, 0.25) is 5.91 Å². The van der Waals surface area contributed by atoms with Crippen molar-refractivity contribution >= 4 is 17.9 Å². The molecule has 1 atom stereocenters. The molecule has 0 spiro atoms. The van der Waals surface area contributed by atoms with E-state index >= 15 is 0 Å². The van der Waals surface area contributed by atoms with Crippen LogP contribution >= 0.6 is 0 Å². The number of rotatable bonds is 6. The van der Waals surface area contributed by atoms with Crippen molar-refractivity contribution in [3.63, 3.8) is 0 Å². The van der Waals surface area contributed by atoms with Crippen LogP contribution in [0.15, 0.2) is 30.3 Å². The molecule has 3 amide bonds. The Labute approximate surface area is 122 Å². The van der Waals surface area contributed by atoms with E-state index in [2.05, 4.69) is 10.6 Å². The van der Waals surface area contributed by atoms with Gasteiger partial charge in [-0.3, -0.25) is 4.79 Å². The highest BCUT2D eigenvalue weighted by Crippen LogP contribution is 2.12. The number of hydrogen-bond acceptors (Lipinski definition) is 3. The third kappa shape index (κ3) is 5.13. The minimum absolute atomic E-state index is 0.138. The van der Waals surface area contributed by atoms with Gasteiger partial charge in [0.1, 0.15) is 6.54 Å². The van der Waals surface area contributed by atoms with Gasteiger partial charge in [-0.25, -0.2) is 9.59 Å². The smallest absolute Gasteiger partial charge is 0.330 e. The average Bonchev–Trinajstić information content (AvgIpc) is 2.45. The second-order valence-electron chi connectivity index (χ2n) is 4.44. The molecule has 1 rings (SSSR count). The molecule has 0 bridgehead atoms. The van der Waals surface area contributed by atoms with Crippen LogP contribution in [-0.2, 0) is 9.59 Å². The highest BCUT2D eigenvalue weighted by Gasteiger charge is 2.23. The lowest BCUT2D eigenvalue weighted by atomic mass is 10.1. The van der Waals surface area contributed by atoms with E-state index in [9.17, 15) is 19.5 Å². The van der Waals surface area contributed by atoms with E-state index in [1.54, 1.807) is 37.3 Å². The molecular weight excluding hydrogens is 274 g/mol. The van der Waals surface area contributed by atoms with Crippen LogP contribution in [-0.4, -0.2) is 48.1 Å². The molecule has 7 heteroatoms. The van der Waals surface area contributed by atoms with Crippen LogP contribution in [0, 0.1) is 0 Å². The van der Waals surface area contributed by atoms with Crippen LogP contribution in [0.25, 0.3) is 0 Å². The normalized spacial score (nSPS) is 11.3. The van der Waals surface area contributed by atoms with Crippen LogP contribution in [0.4, 0.5) is 4.79 Å². The Morgan fingerprint density at radius 2 is 1.86 bits per heavy atom. The van der Waals surface area contributed by atoms with Gasteiger partial charge in [0.25, 0.3) is 0 Å². The fourth-order valence-corrected chi connectivity index (χ4v) is 1.71. The fraction of sp³-hybridized carbons (Fsp3) is 0.357. The van der Waals surface area contributed by atoms with Gasteiger partial charge >= 0.3 is 12.0 Å². The van der Waals surface area contributed by atoms with Gasteiger partial charge in [0, 0.05) is 13.6 Å². The number of likely N-dealkylation sites (N-methyl/N-ethyl adjacent to an activating group) is 2. The Balaban J connectivity index is 2.69. The van der Waals surface area contributed by atoms with Crippen molar-refractivity contribution < 1.29 is 19.5 Å². The third-order valence-electron chi connectivity index (χ3n) is 2.75. The van der Waals surface area contributed by atoms with Gasteiger partial charge in [-0.05, 0) is 12.5 Å². The molecule has 0 aromatic heterocycles. The van der Waals surface area contributed by atoms with Gasteiger partial charge < -0.3 is 20.6 Å². The van der Waals surface area contributed by atoms with Gasteiger partial charge in [-0.15, -0.1) is 0 Å². The number of carboxylic acids is 1. The highest BCUT2D eigenvalue weighted by molar-refractivity contribution is 5.87. The number of amides is 3. The summed E-state index contributed by atoms with van der Waals surface area (Å²) in [5, 5.41) is 14.2. The highest BCUT2D eigenvalue weighted by atomic mass is 16.4. The Morgan fingerprint density at radius 3 is 2.38 bits per heavy atom. The monoisotopic (exact) mass is 293 g/mol. The fourth-order valence-electron chi connectivity index (χ4n) is 1.71. The minimum atomic E-state index is -1.17. The maximum absolute atomic E-state index is 11.9. The number of nitrogens with one attached hydrogen (secondary N) is 2. The second kappa shape index (κ2) is 7.88. The molecule has 0 aliphatic rings. The van der Waals surface area contributed by atoms with E-state index in [1.165, 1.54) is 7.05 Å². The quantitative estimate of drug-likeness (QED) is 0.715. The summed E-state index contributed by atoms with van der Waals surface area (Å²) in [6.45, 7) is 2.10. The summed E-state index contributed by atoms with van der Waals surface area (Å²) in [7, 11) is 1.43. The van der Waals surface area contributed by atoms with Crippen molar-refractivity contribution in [1.82, 2.24) is 15.5 Å². The van der Waals surface area contributed by atoms with Gasteiger partial charge in [0.15, 0.2) is 6.04 Å². The maximum atomic E-state index is 11.9. The van der Waals surface area contributed by atoms with E-state index in [0.29, 0.717) is 12.1 Å². The van der Waals surface area contributed by atoms with Crippen molar-refractivity contribution in [3.8, 4) is 0 Å². The van der Waals surface area contributed by atoms with Gasteiger partial charge in [0.05, 0.1) is 0 Å². The lowest BCUT2D eigenvalue weighted by molar-refractivity contribution is -0.139. The third-order valence-corrected chi connectivity index (χ3v) is 2.75. The van der Waals surface area contributed by atoms with Crippen molar-refractivity contribution in [2.24, 2.45) is 0 Å². The number of carbonyl (C=O) groups is 3. The number of benzene rings is 1. The summed E-state index contributed by atoms with van der Waals surface area (Å²) in [6.07, 6.45) is 0. The molecule has 0 saturated heterocycles. The minimum Gasteiger partial charge on any atom is -0.479 e. The molecule has 1 aromatic carbocycles. The predicted molar refractivity (Wildman–Crippen MR) is 76.7 cm³/mol. The number of urea groups is 1. The summed E-state index contributed by atoms with van der Waals surface area (Å²) in [5.41, 5.74) is 0.463. The Bertz CT molecular complexity index is 504. The van der Waals surface area contributed by atoms with Crippen molar-refractivity contribution in [3.05, 3.63) is 35.9 Å². The first-order valence-electron chi connectivity index (χ1n) is 6.51. The summed E-state index contributed by atoms with van der Waals surface area (Å²) in [5.74, 6) is -1.47. The van der Waals surface area contributed by atoms with Crippen molar-refractivity contribution in [2.45, 2.75) is 13.0 Å². The molecule has 0 fully saturated rings. The lowest BCUT2D eigenvalue weighted by Crippen LogP contribution is -2.45. The van der Waals surface area contributed by atoms with E-state index in [4.69, 9.17) is 0 Å². The van der Waals surface area contributed by atoms with Crippen LogP contribution in [0.3, 0.4) is 0 Å². The number of carbonyl (C=O) groups excluding carboxylic acids is 2. The zero-order chi connectivity index (χ0) is 15.8. The van der Waals surface area contributed by atoms with E-state index in [0.717, 1.165) is 4.90 Å². The molecule has 7 nitrogen and oxygen atoms in total. The molecule has 0 aliphatic heterocycles. The standard InChI is InChI=1S/C14H19N3O4/c1-3-15-11(18)9-17(2)14(21)16-12(13(19)20)10-7-5-4-6-8-10/h4-8,12H,3,9H2,1-2H3,(H,15,18)(H,16,21)(H,19,20)/t12-/m1/s1. The Morgan fingerprint density at radius 1 is 1.24 bits per heavy atom. The average molecular weight is 293 g/mol. The zero-order valence-electron chi connectivity index (χ0n) is 12.0. The molecule has 1 aromatic rings. The summed E-state index contributed by atoms with van der Waals surface area (Å²) in [6, 6.07) is 6.58. The first-order chi connectivity index (χ1) is 9.95. The van der Waals surface area contributed by atoms with Crippen LogP contribution in [0.2, 0.25) is 0 Å². The Kier molecular flexibility index (Phi) is 6.19. The second-order valence-corrected chi connectivity index (χ2v) is 4.44. The largest absolute Gasteiger partial charge is 0.479 e. The molecule has 21 heavy (non-hydrogen) atoms. The van der Waals surface area contributed by atoms with E-state index in [-0.39, 0.29) is 12.5 Å². The Hall–Kier alpha value is -2.57. The predicted octanol–water partition coefficient (Wildman–Crippen LogP) is 0.590.